The van der Waals surface area contributed by atoms with Crippen LogP contribution in [0.15, 0.2) is 24.3 Å². The number of hydrogen-bond donors (Lipinski definition) is 1. The topological polar surface area (TPSA) is 68.3 Å². The Kier molecular flexibility index (Phi) is 5.12. The van der Waals surface area contributed by atoms with Crippen molar-refractivity contribution >= 4 is 28.3 Å². The molecular formula is C24H25F3N2O3S. The number of anilines is 1. The predicted molar refractivity (Wildman–Crippen MR) is 117 cm³/mol. The summed E-state index contributed by atoms with van der Waals surface area (Å²) in [5, 5.41) is 3.19. The Morgan fingerprint density at radius 1 is 1.21 bits per heavy atom. The summed E-state index contributed by atoms with van der Waals surface area (Å²) in [4.78, 5) is 30.7. The van der Waals surface area contributed by atoms with E-state index in [1.54, 1.807) is 0 Å². The van der Waals surface area contributed by atoms with Gasteiger partial charge in [-0.1, -0.05) is 20.8 Å². The molecule has 0 spiro atoms. The second-order valence-corrected chi connectivity index (χ2v) is 11.0. The van der Waals surface area contributed by atoms with Crippen molar-refractivity contribution in [2.45, 2.75) is 58.2 Å². The van der Waals surface area contributed by atoms with Crippen LogP contribution in [0.25, 0.3) is 0 Å². The van der Waals surface area contributed by atoms with E-state index in [4.69, 9.17) is 9.72 Å². The van der Waals surface area contributed by atoms with Crippen molar-refractivity contribution in [3.05, 3.63) is 46.0 Å². The smallest absolute Gasteiger partial charge is 0.416 e. The number of esters is 1. The Morgan fingerprint density at radius 2 is 1.91 bits per heavy atom. The van der Waals surface area contributed by atoms with Crippen LogP contribution in [0.2, 0.25) is 0 Å². The Labute approximate surface area is 193 Å². The summed E-state index contributed by atoms with van der Waals surface area (Å²) in [5.74, 6) is -0.227. The van der Waals surface area contributed by atoms with Crippen LogP contribution in [0.3, 0.4) is 0 Å². The normalized spacial score (nSPS) is 33.0. The van der Waals surface area contributed by atoms with E-state index in [2.05, 4.69) is 19.2 Å². The minimum atomic E-state index is -4.45. The van der Waals surface area contributed by atoms with Gasteiger partial charge in [0, 0.05) is 28.2 Å². The molecule has 5 nitrogen and oxygen atoms in total. The van der Waals surface area contributed by atoms with Gasteiger partial charge in [-0.25, -0.2) is 4.98 Å². The number of fused-ring (bicyclic) bond motifs is 4. The van der Waals surface area contributed by atoms with Crippen LogP contribution >= 0.6 is 11.3 Å². The molecule has 2 heterocycles. The van der Waals surface area contributed by atoms with E-state index in [0.29, 0.717) is 5.13 Å². The number of nitrogens with one attached hydrogen (secondary N) is 1. The number of benzene rings is 1. The summed E-state index contributed by atoms with van der Waals surface area (Å²) in [6, 6.07) is 4.13. The molecular weight excluding hydrogens is 453 g/mol. The van der Waals surface area contributed by atoms with Crippen LogP contribution in [0.1, 0.15) is 66.0 Å². The van der Waals surface area contributed by atoms with Crippen LogP contribution in [0, 0.1) is 23.2 Å². The van der Waals surface area contributed by atoms with Gasteiger partial charge < -0.3 is 4.74 Å². The van der Waals surface area contributed by atoms with Gasteiger partial charge in [0.25, 0.3) is 5.91 Å². The number of ether oxygens (including phenoxy) is 1. The van der Waals surface area contributed by atoms with E-state index >= 15 is 0 Å². The Balaban J connectivity index is 1.38. The fourth-order valence-corrected chi connectivity index (χ4v) is 7.37. The van der Waals surface area contributed by atoms with Crippen molar-refractivity contribution in [3.63, 3.8) is 0 Å². The number of alkyl halides is 3. The number of hydrogen-bond acceptors (Lipinski definition) is 5. The number of rotatable bonds is 2. The minimum Gasteiger partial charge on any atom is -0.461 e. The van der Waals surface area contributed by atoms with Gasteiger partial charge in [-0.05, 0) is 48.9 Å². The Bertz CT molecular complexity index is 1110. The molecule has 2 aromatic rings. The number of carbonyl (C=O) groups excluding carboxylic acids is 2. The zero-order valence-electron chi connectivity index (χ0n) is 18.5. The lowest BCUT2D eigenvalue weighted by Crippen LogP contribution is -2.50. The van der Waals surface area contributed by atoms with Crippen molar-refractivity contribution < 1.29 is 27.5 Å². The lowest BCUT2D eigenvalue weighted by atomic mass is 9.54. The summed E-state index contributed by atoms with van der Waals surface area (Å²) in [6.45, 7) is 6.32. The fourth-order valence-electron chi connectivity index (χ4n) is 6.11. The quantitative estimate of drug-likeness (QED) is 0.565. The first kappa shape index (κ1) is 22.4. The lowest BCUT2D eigenvalue weighted by molar-refractivity contribution is -0.149. The van der Waals surface area contributed by atoms with E-state index in [0.717, 1.165) is 42.0 Å². The van der Waals surface area contributed by atoms with Crippen molar-refractivity contribution in [2.24, 2.45) is 23.2 Å². The predicted octanol–water partition coefficient (Wildman–Crippen LogP) is 5.67. The third kappa shape index (κ3) is 3.64. The maximum absolute atomic E-state index is 12.8. The average Bonchev–Trinajstić information content (AvgIpc) is 3.26. The molecule has 5 rings (SSSR count). The number of amides is 1. The van der Waals surface area contributed by atoms with Gasteiger partial charge in [0.2, 0.25) is 0 Å². The van der Waals surface area contributed by atoms with Gasteiger partial charge in [-0.2, -0.15) is 13.2 Å². The molecule has 0 bridgehead atoms. The largest absolute Gasteiger partial charge is 0.461 e. The number of carbonyl (C=O) groups is 2. The number of aromatic nitrogens is 1. The molecule has 0 unspecified atom stereocenters. The zero-order valence-corrected chi connectivity index (χ0v) is 19.3. The first-order chi connectivity index (χ1) is 15.5. The molecule has 1 N–H and O–H groups in total. The van der Waals surface area contributed by atoms with Gasteiger partial charge in [-0.3, -0.25) is 14.9 Å². The van der Waals surface area contributed by atoms with Gasteiger partial charge in [-0.15, -0.1) is 11.3 Å². The second-order valence-electron chi connectivity index (χ2n) is 9.89. The lowest BCUT2D eigenvalue weighted by Gasteiger charge is -2.51. The van der Waals surface area contributed by atoms with Crippen LogP contribution in [0.4, 0.5) is 18.3 Å². The first-order valence-electron chi connectivity index (χ1n) is 11.2. The standard InChI is InChI=1S/C24H25F3N2O3S/c1-11-15-8-9-23(3)10-16-18(12(2)17(23)19(15)32-21(11)31)28-22(33-16)29-20(30)13-4-6-14(7-5-13)24(25,26)27/h4-7,11-12,15,17,19H,8-10H2,1-3H3,(H,28,29,30)/t11-,12-,15-,17+,19-,23+/m0/s1. The van der Waals surface area contributed by atoms with E-state index in [-0.39, 0.29) is 46.7 Å². The molecule has 1 amide bonds. The molecule has 33 heavy (non-hydrogen) atoms. The highest BCUT2D eigenvalue weighted by atomic mass is 32.1. The second kappa shape index (κ2) is 7.55. The maximum atomic E-state index is 12.8. The Morgan fingerprint density at radius 3 is 2.58 bits per heavy atom. The molecule has 0 radical (unpaired) electrons. The van der Waals surface area contributed by atoms with Crippen LogP contribution in [-0.4, -0.2) is 23.0 Å². The van der Waals surface area contributed by atoms with E-state index in [9.17, 15) is 22.8 Å². The number of nitrogens with zero attached hydrogens (tertiary/aromatic N) is 1. The molecule has 2 aliphatic carbocycles. The fraction of sp³-hybridized carbons (Fsp3) is 0.542. The van der Waals surface area contributed by atoms with E-state index < -0.39 is 17.6 Å². The molecule has 1 aliphatic heterocycles. The molecule has 9 heteroatoms. The third-order valence-electron chi connectivity index (χ3n) is 7.85. The summed E-state index contributed by atoms with van der Waals surface area (Å²) in [7, 11) is 0. The molecule has 1 saturated carbocycles. The molecule has 176 valence electrons. The zero-order chi connectivity index (χ0) is 23.7. The third-order valence-corrected chi connectivity index (χ3v) is 8.84. The van der Waals surface area contributed by atoms with Crippen molar-refractivity contribution in [3.8, 4) is 0 Å². The maximum Gasteiger partial charge on any atom is 0.416 e. The SMILES string of the molecule is C[C@@H]1C(=O)O[C@H]2[C@H]1CC[C@]1(C)Cc3sc(NC(=O)c4ccc(C(F)(F)F)cc4)nc3[C@@H](C)[C@H]21. The highest BCUT2D eigenvalue weighted by Gasteiger charge is 2.58. The van der Waals surface area contributed by atoms with Gasteiger partial charge in [0.05, 0.1) is 17.2 Å². The first-order valence-corrected chi connectivity index (χ1v) is 12.0. The summed E-state index contributed by atoms with van der Waals surface area (Å²) in [5.41, 5.74) is 0.244. The summed E-state index contributed by atoms with van der Waals surface area (Å²) >= 11 is 1.42. The molecule has 3 aliphatic rings. The highest BCUT2D eigenvalue weighted by Crippen LogP contribution is 2.59. The Hall–Kier alpha value is -2.42. The molecule has 6 atom stereocenters. The molecule has 2 fully saturated rings. The minimum absolute atomic E-state index is 0.0147. The van der Waals surface area contributed by atoms with Gasteiger partial charge in [0.1, 0.15) is 6.10 Å². The van der Waals surface area contributed by atoms with E-state index in [1.807, 2.05) is 6.92 Å². The van der Waals surface area contributed by atoms with Crippen molar-refractivity contribution in [1.82, 2.24) is 4.98 Å². The van der Waals surface area contributed by atoms with Crippen molar-refractivity contribution in [2.75, 3.05) is 5.32 Å². The molecule has 1 aromatic carbocycles. The molecule has 1 aromatic heterocycles. The van der Waals surface area contributed by atoms with Crippen molar-refractivity contribution in [1.29, 1.82) is 0 Å². The number of halogens is 3. The van der Waals surface area contributed by atoms with Crippen LogP contribution in [0.5, 0.6) is 0 Å². The van der Waals surface area contributed by atoms with Crippen LogP contribution in [-0.2, 0) is 22.1 Å². The summed E-state index contributed by atoms with van der Waals surface area (Å²) in [6.07, 6.45) is -1.78. The highest BCUT2D eigenvalue weighted by molar-refractivity contribution is 7.15. The van der Waals surface area contributed by atoms with Gasteiger partial charge >= 0.3 is 12.1 Å². The van der Waals surface area contributed by atoms with E-state index in [1.165, 1.54) is 23.5 Å². The summed E-state index contributed by atoms with van der Waals surface area (Å²) < 4.78 is 44.2. The molecule has 1 saturated heterocycles. The number of thiazole rings is 1. The average molecular weight is 479 g/mol. The van der Waals surface area contributed by atoms with Crippen LogP contribution < -0.4 is 5.32 Å². The van der Waals surface area contributed by atoms with Gasteiger partial charge in [0.15, 0.2) is 5.13 Å². The monoisotopic (exact) mass is 478 g/mol.